The lowest BCUT2D eigenvalue weighted by atomic mass is 10.2. The topological polar surface area (TPSA) is 20.3 Å². The van der Waals surface area contributed by atoms with Crippen LogP contribution < -0.4 is 4.31 Å². The monoisotopic (exact) mass is 245 g/mol. The number of hydrogen-bond donors (Lipinski definition) is 0. The summed E-state index contributed by atoms with van der Waals surface area (Å²) in [5, 5.41) is 0. The Kier molecular flexibility index (Phi) is 3.59. The fraction of sp³-hybridized carbons (Fsp3) is 0.143. The van der Waals surface area contributed by atoms with Gasteiger partial charge in [-0.1, -0.05) is 35.9 Å². The van der Waals surface area contributed by atoms with E-state index in [2.05, 4.69) is 0 Å². The minimum atomic E-state index is -1.15. The van der Waals surface area contributed by atoms with Crippen LogP contribution in [0.25, 0.3) is 0 Å². The zero-order valence-corrected chi connectivity index (χ0v) is 10.8. The third-order valence-electron chi connectivity index (χ3n) is 2.59. The number of benzene rings is 2. The minimum Gasteiger partial charge on any atom is -0.291 e. The van der Waals surface area contributed by atoms with Crippen molar-refractivity contribution in [1.82, 2.24) is 0 Å². The summed E-state index contributed by atoms with van der Waals surface area (Å²) in [4.78, 5) is 0.821. The first kappa shape index (κ1) is 11.9. The molecule has 0 amide bonds. The smallest absolute Gasteiger partial charge is 0.152 e. The summed E-state index contributed by atoms with van der Waals surface area (Å²) in [7, 11) is 0.685. The van der Waals surface area contributed by atoms with Gasteiger partial charge < -0.3 is 0 Å². The van der Waals surface area contributed by atoms with Gasteiger partial charge in [-0.2, -0.15) is 0 Å². The lowest BCUT2D eigenvalue weighted by Gasteiger charge is -2.17. The minimum absolute atomic E-state index is 0.821. The van der Waals surface area contributed by atoms with E-state index in [0.29, 0.717) is 0 Å². The summed E-state index contributed by atoms with van der Waals surface area (Å²) in [5.41, 5.74) is 2.12. The van der Waals surface area contributed by atoms with Gasteiger partial charge in [0.25, 0.3) is 0 Å². The van der Waals surface area contributed by atoms with Crippen LogP contribution in [-0.4, -0.2) is 11.3 Å². The molecule has 0 spiro atoms. The largest absolute Gasteiger partial charge is 0.291 e. The van der Waals surface area contributed by atoms with E-state index in [0.717, 1.165) is 10.6 Å². The van der Waals surface area contributed by atoms with Crippen LogP contribution in [0.2, 0.25) is 0 Å². The molecule has 3 heteroatoms. The van der Waals surface area contributed by atoms with Gasteiger partial charge >= 0.3 is 0 Å². The van der Waals surface area contributed by atoms with Crippen molar-refractivity contribution in [2.24, 2.45) is 0 Å². The van der Waals surface area contributed by atoms with Gasteiger partial charge in [0, 0.05) is 12.7 Å². The maximum absolute atomic E-state index is 12.3. The number of anilines is 1. The summed E-state index contributed by atoms with van der Waals surface area (Å²) in [5.74, 6) is 0. The summed E-state index contributed by atoms with van der Waals surface area (Å²) < 4.78 is 14.1. The number of aryl methyl sites for hydroxylation is 1. The Morgan fingerprint density at radius 1 is 0.941 bits per heavy atom. The number of para-hydroxylation sites is 1. The zero-order valence-electron chi connectivity index (χ0n) is 9.96. The van der Waals surface area contributed by atoms with Crippen LogP contribution in [0.5, 0.6) is 0 Å². The van der Waals surface area contributed by atoms with Crippen LogP contribution in [0.1, 0.15) is 5.56 Å². The van der Waals surface area contributed by atoms with Crippen molar-refractivity contribution in [2.75, 3.05) is 11.4 Å². The third-order valence-corrected chi connectivity index (χ3v) is 3.97. The van der Waals surface area contributed by atoms with E-state index in [1.54, 1.807) is 4.31 Å². The van der Waals surface area contributed by atoms with E-state index in [1.165, 1.54) is 5.56 Å². The molecule has 2 aromatic carbocycles. The van der Waals surface area contributed by atoms with Crippen LogP contribution in [0.15, 0.2) is 59.5 Å². The molecule has 88 valence electrons. The van der Waals surface area contributed by atoms with Crippen LogP contribution in [0.3, 0.4) is 0 Å². The highest BCUT2D eigenvalue weighted by atomic mass is 32.2. The highest BCUT2D eigenvalue weighted by molar-refractivity contribution is 7.86. The second-order valence-electron chi connectivity index (χ2n) is 3.90. The molecule has 0 aliphatic heterocycles. The fourth-order valence-electron chi connectivity index (χ4n) is 1.55. The highest BCUT2D eigenvalue weighted by Gasteiger charge is 2.10. The van der Waals surface area contributed by atoms with Crippen LogP contribution in [-0.2, 0) is 11.0 Å². The van der Waals surface area contributed by atoms with Gasteiger partial charge in [-0.05, 0) is 31.2 Å². The zero-order chi connectivity index (χ0) is 12.3. The van der Waals surface area contributed by atoms with E-state index < -0.39 is 11.0 Å². The molecule has 0 bridgehead atoms. The van der Waals surface area contributed by atoms with E-state index >= 15 is 0 Å². The van der Waals surface area contributed by atoms with E-state index in [-0.39, 0.29) is 0 Å². The molecule has 1 unspecified atom stereocenters. The Morgan fingerprint density at radius 3 is 2.12 bits per heavy atom. The van der Waals surface area contributed by atoms with Crippen LogP contribution >= 0.6 is 0 Å². The van der Waals surface area contributed by atoms with Crippen molar-refractivity contribution in [3.05, 3.63) is 60.2 Å². The van der Waals surface area contributed by atoms with Crippen molar-refractivity contribution >= 4 is 16.7 Å². The maximum atomic E-state index is 12.3. The van der Waals surface area contributed by atoms with Crippen molar-refractivity contribution in [3.8, 4) is 0 Å². The molecule has 0 aliphatic carbocycles. The molecule has 2 aromatic rings. The quantitative estimate of drug-likeness (QED) is 0.813. The average Bonchev–Trinajstić information content (AvgIpc) is 2.39. The average molecular weight is 245 g/mol. The normalized spacial score (nSPS) is 12.1. The molecular weight excluding hydrogens is 230 g/mol. The second-order valence-corrected chi connectivity index (χ2v) is 5.41. The first-order valence-corrected chi connectivity index (χ1v) is 6.56. The second kappa shape index (κ2) is 5.15. The molecule has 2 nitrogen and oxygen atoms in total. The molecule has 0 N–H and O–H groups in total. The fourth-order valence-corrected chi connectivity index (χ4v) is 2.54. The summed E-state index contributed by atoms with van der Waals surface area (Å²) in [6, 6.07) is 17.5. The number of nitrogens with zero attached hydrogens (tertiary/aromatic N) is 1. The Bertz CT molecular complexity index is 508. The van der Waals surface area contributed by atoms with Crippen LogP contribution in [0, 0.1) is 6.92 Å². The van der Waals surface area contributed by atoms with Crippen molar-refractivity contribution < 1.29 is 4.21 Å². The SMILES string of the molecule is Cc1ccc(S(=O)N(C)c2ccccc2)cc1. The van der Waals surface area contributed by atoms with Gasteiger partial charge in [0.05, 0.1) is 4.90 Å². The van der Waals surface area contributed by atoms with Gasteiger partial charge in [0.15, 0.2) is 11.0 Å². The van der Waals surface area contributed by atoms with E-state index in [4.69, 9.17) is 0 Å². The lowest BCUT2D eigenvalue weighted by molar-refractivity contribution is 0.682. The first-order chi connectivity index (χ1) is 8.18. The van der Waals surface area contributed by atoms with Crippen molar-refractivity contribution in [2.45, 2.75) is 11.8 Å². The molecule has 0 saturated carbocycles. The summed E-state index contributed by atoms with van der Waals surface area (Å²) in [6.07, 6.45) is 0. The Morgan fingerprint density at radius 2 is 1.53 bits per heavy atom. The van der Waals surface area contributed by atoms with E-state index in [1.807, 2.05) is 68.6 Å². The molecule has 0 fully saturated rings. The maximum Gasteiger partial charge on any atom is 0.152 e. The summed E-state index contributed by atoms with van der Waals surface area (Å²) in [6.45, 7) is 2.02. The lowest BCUT2D eigenvalue weighted by Crippen LogP contribution is -2.20. The molecule has 0 aliphatic rings. The van der Waals surface area contributed by atoms with Crippen molar-refractivity contribution in [3.63, 3.8) is 0 Å². The number of rotatable bonds is 3. The predicted octanol–water partition coefficient (Wildman–Crippen LogP) is 3.15. The molecule has 0 radical (unpaired) electrons. The standard InChI is InChI=1S/C14H15NOS/c1-12-8-10-14(11-9-12)17(16)15(2)13-6-4-3-5-7-13/h3-11H,1-2H3. The van der Waals surface area contributed by atoms with Gasteiger partial charge in [0.2, 0.25) is 0 Å². The predicted molar refractivity (Wildman–Crippen MR) is 72.4 cm³/mol. The van der Waals surface area contributed by atoms with Gasteiger partial charge in [0.1, 0.15) is 0 Å². The third kappa shape index (κ3) is 2.74. The molecule has 0 aromatic heterocycles. The Hall–Kier alpha value is -1.61. The molecule has 0 heterocycles. The Labute approximate surface area is 104 Å². The van der Waals surface area contributed by atoms with Crippen molar-refractivity contribution in [1.29, 1.82) is 0 Å². The molecule has 0 saturated heterocycles. The molecule has 1 atom stereocenters. The van der Waals surface area contributed by atoms with Gasteiger partial charge in [-0.25, -0.2) is 4.21 Å². The molecular formula is C14H15NOS. The van der Waals surface area contributed by atoms with E-state index in [9.17, 15) is 4.21 Å². The highest BCUT2D eigenvalue weighted by Crippen LogP contribution is 2.18. The first-order valence-electron chi connectivity index (χ1n) is 5.46. The summed E-state index contributed by atoms with van der Waals surface area (Å²) >= 11 is 0. The van der Waals surface area contributed by atoms with Crippen LogP contribution in [0.4, 0.5) is 5.69 Å². The number of hydrogen-bond acceptors (Lipinski definition) is 1. The molecule has 17 heavy (non-hydrogen) atoms. The Balaban J connectivity index is 2.23. The van der Waals surface area contributed by atoms with Gasteiger partial charge in [-0.15, -0.1) is 0 Å². The molecule has 2 rings (SSSR count). The van der Waals surface area contributed by atoms with Gasteiger partial charge in [-0.3, -0.25) is 4.31 Å².